The highest BCUT2D eigenvalue weighted by Gasteiger charge is 2.17. The summed E-state index contributed by atoms with van der Waals surface area (Å²) in [4.78, 5) is 9.03. The van der Waals surface area contributed by atoms with E-state index in [1.54, 1.807) is 6.07 Å². The zero-order chi connectivity index (χ0) is 20.2. The third kappa shape index (κ3) is 4.50. The predicted octanol–water partition coefficient (Wildman–Crippen LogP) is 6.05. The van der Waals surface area contributed by atoms with Gasteiger partial charge in [-0.2, -0.15) is 4.98 Å². The molecular formula is C22H21F3N4. The SMILES string of the molecule is Fc1ccc(Nc2cc(-c3ccccc3)nc(NC3CCCCC3)n2)c(F)c1F. The van der Waals surface area contributed by atoms with Crippen LogP contribution >= 0.6 is 0 Å². The van der Waals surface area contributed by atoms with Crippen molar-refractivity contribution in [2.24, 2.45) is 0 Å². The van der Waals surface area contributed by atoms with Gasteiger partial charge in [-0.3, -0.25) is 0 Å². The van der Waals surface area contributed by atoms with E-state index in [0.717, 1.165) is 43.4 Å². The number of hydrogen-bond donors (Lipinski definition) is 2. The Bertz CT molecular complexity index is 989. The van der Waals surface area contributed by atoms with Gasteiger partial charge in [0, 0.05) is 17.7 Å². The monoisotopic (exact) mass is 398 g/mol. The van der Waals surface area contributed by atoms with E-state index in [2.05, 4.69) is 20.6 Å². The number of halogens is 3. The number of hydrogen-bond acceptors (Lipinski definition) is 4. The Morgan fingerprint density at radius 2 is 1.59 bits per heavy atom. The molecule has 1 heterocycles. The zero-order valence-corrected chi connectivity index (χ0v) is 15.8. The third-order valence-corrected chi connectivity index (χ3v) is 5.03. The minimum Gasteiger partial charge on any atom is -0.351 e. The van der Waals surface area contributed by atoms with Gasteiger partial charge in [-0.25, -0.2) is 18.2 Å². The van der Waals surface area contributed by atoms with Crippen LogP contribution in [-0.2, 0) is 0 Å². The maximum absolute atomic E-state index is 14.1. The van der Waals surface area contributed by atoms with Crippen molar-refractivity contribution in [2.45, 2.75) is 38.1 Å². The van der Waals surface area contributed by atoms with Crippen LogP contribution in [0.3, 0.4) is 0 Å². The quantitative estimate of drug-likeness (QED) is 0.514. The fourth-order valence-corrected chi connectivity index (χ4v) is 3.52. The van der Waals surface area contributed by atoms with Crippen LogP contribution in [0.15, 0.2) is 48.5 Å². The molecule has 4 nitrogen and oxygen atoms in total. The minimum absolute atomic E-state index is 0.190. The Hall–Kier alpha value is -3.09. The van der Waals surface area contributed by atoms with E-state index >= 15 is 0 Å². The molecule has 4 rings (SSSR count). The molecule has 1 aliphatic rings. The number of rotatable bonds is 5. The summed E-state index contributed by atoms with van der Waals surface area (Å²) in [5.74, 6) is -3.33. The lowest BCUT2D eigenvalue weighted by atomic mass is 9.96. The maximum atomic E-state index is 14.1. The Morgan fingerprint density at radius 1 is 0.828 bits per heavy atom. The maximum Gasteiger partial charge on any atom is 0.225 e. The Labute approximate surface area is 167 Å². The molecule has 0 spiro atoms. The van der Waals surface area contributed by atoms with Gasteiger partial charge >= 0.3 is 0 Å². The lowest BCUT2D eigenvalue weighted by Gasteiger charge is -2.23. The van der Waals surface area contributed by atoms with E-state index in [9.17, 15) is 13.2 Å². The van der Waals surface area contributed by atoms with Crippen LogP contribution in [0, 0.1) is 17.5 Å². The van der Waals surface area contributed by atoms with Crippen LogP contribution in [0.1, 0.15) is 32.1 Å². The van der Waals surface area contributed by atoms with Crippen molar-refractivity contribution in [3.63, 3.8) is 0 Å². The molecule has 0 atom stereocenters. The Balaban J connectivity index is 1.68. The summed E-state index contributed by atoms with van der Waals surface area (Å²) >= 11 is 0. The van der Waals surface area contributed by atoms with Crippen molar-refractivity contribution < 1.29 is 13.2 Å². The van der Waals surface area contributed by atoms with E-state index < -0.39 is 17.5 Å². The summed E-state index contributed by atoms with van der Waals surface area (Å²) in [5, 5.41) is 6.12. The van der Waals surface area contributed by atoms with Gasteiger partial charge in [-0.15, -0.1) is 0 Å². The van der Waals surface area contributed by atoms with E-state index in [1.165, 1.54) is 6.42 Å². The highest BCUT2D eigenvalue weighted by molar-refractivity contribution is 5.67. The summed E-state index contributed by atoms with van der Waals surface area (Å²) in [5.41, 5.74) is 1.32. The van der Waals surface area contributed by atoms with E-state index in [-0.39, 0.29) is 11.7 Å². The van der Waals surface area contributed by atoms with Crippen LogP contribution in [0.4, 0.5) is 30.6 Å². The van der Waals surface area contributed by atoms with E-state index in [4.69, 9.17) is 0 Å². The molecule has 0 amide bonds. The van der Waals surface area contributed by atoms with Gasteiger partial charge in [0.05, 0.1) is 11.4 Å². The first-order valence-electron chi connectivity index (χ1n) is 9.72. The fraction of sp³-hybridized carbons (Fsp3) is 0.273. The second kappa shape index (κ2) is 8.51. The zero-order valence-electron chi connectivity index (χ0n) is 15.8. The third-order valence-electron chi connectivity index (χ3n) is 5.03. The van der Waals surface area contributed by atoms with Crippen LogP contribution < -0.4 is 10.6 Å². The average Bonchev–Trinajstić information content (AvgIpc) is 2.75. The largest absolute Gasteiger partial charge is 0.351 e. The van der Waals surface area contributed by atoms with Gasteiger partial charge in [0.25, 0.3) is 0 Å². The topological polar surface area (TPSA) is 49.8 Å². The summed E-state index contributed by atoms with van der Waals surface area (Å²) in [7, 11) is 0. The predicted molar refractivity (Wildman–Crippen MR) is 108 cm³/mol. The molecule has 3 aromatic rings. The van der Waals surface area contributed by atoms with Crippen molar-refractivity contribution in [1.82, 2.24) is 9.97 Å². The lowest BCUT2D eigenvalue weighted by Crippen LogP contribution is -2.23. The molecule has 29 heavy (non-hydrogen) atoms. The summed E-state index contributed by atoms with van der Waals surface area (Å²) in [6, 6.07) is 13.5. The number of aromatic nitrogens is 2. The van der Waals surface area contributed by atoms with Crippen molar-refractivity contribution in [1.29, 1.82) is 0 Å². The van der Waals surface area contributed by atoms with Gasteiger partial charge in [0.2, 0.25) is 5.95 Å². The van der Waals surface area contributed by atoms with Crippen molar-refractivity contribution in [2.75, 3.05) is 10.6 Å². The Kier molecular flexibility index (Phi) is 5.64. The molecule has 1 saturated carbocycles. The fourth-order valence-electron chi connectivity index (χ4n) is 3.52. The lowest BCUT2D eigenvalue weighted by molar-refractivity contribution is 0.449. The summed E-state index contributed by atoms with van der Waals surface area (Å²) in [6.45, 7) is 0. The second-order valence-electron chi connectivity index (χ2n) is 7.16. The summed E-state index contributed by atoms with van der Waals surface area (Å²) < 4.78 is 40.9. The molecule has 150 valence electrons. The van der Waals surface area contributed by atoms with Crippen molar-refractivity contribution >= 4 is 17.5 Å². The van der Waals surface area contributed by atoms with Crippen LogP contribution in [0.5, 0.6) is 0 Å². The number of nitrogens with one attached hydrogen (secondary N) is 2. The molecule has 0 bridgehead atoms. The molecule has 1 aliphatic carbocycles. The first-order chi connectivity index (χ1) is 14.1. The molecule has 1 aromatic heterocycles. The standard InChI is InChI=1S/C22H21F3N4/c23-16-11-12-17(21(25)20(16)24)27-19-13-18(14-7-3-1-4-8-14)28-22(29-19)26-15-9-5-2-6-10-15/h1,3-4,7-8,11-13,15H,2,5-6,9-10H2,(H2,26,27,28,29). The average molecular weight is 398 g/mol. The molecular weight excluding hydrogens is 377 g/mol. The highest BCUT2D eigenvalue weighted by atomic mass is 19.2. The number of benzene rings is 2. The molecule has 0 aliphatic heterocycles. The normalized spacial score (nSPS) is 14.6. The second-order valence-corrected chi connectivity index (χ2v) is 7.16. The molecule has 7 heteroatoms. The van der Waals surface area contributed by atoms with Gasteiger partial charge in [-0.05, 0) is 25.0 Å². The smallest absolute Gasteiger partial charge is 0.225 e. The first-order valence-corrected chi connectivity index (χ1v) is 9.72. The van der Waals surface area contributed by atoms with Crippen molar-refractivity contribution in [3.8, 4) is 11.3 Å². The van der Waals surface area contributed by atoms with Crippen molar-refractivity contribution in [3.05, 3.63) is 66.0 Å². The van der Waals surface area contributed by atoms with Gasteiger partial charge < -0.3 is 10.6 Å². The highest BCUT2D eigenvalue weighted by Crippen LogP contribution is 2.27. The molecule has 2 N–H and O–H groups in total. The van der Waals surface area contributed by atoms with E-state index in [0.29, 0.717) is 17.5 Å². The van der Waals surface area contributed by atoms with E-state index in [1.807, 2.05) is 30.3 Å². The molecule has 0 saturated heterocycles. The van der Waals surface area contributed by atoms with Crippen LogP contribution in [0.2, 0.25) is 0 Å². The van der Waals surface area contributed by atoms with Crippen LogP contribution in [0.25, 0.3) is 11.3 Å². The molecule has 0 radical (unpaired) electrons. The molecule has 1 fully saturated rings. The molecule has 0 unspecified atom stereocenters. The van der Waals surface area contributed by atoms with Crippen LogP contribution in [-0.4, -0.2) is 16.0 Å². The van der Waals surface area contributed by atoms with Gasteiger partial charge in [0.15, 0.2) is 17.5 Å². The number of anilines is 3. The first kappa shape index (κ1) is 19.2. The number of nitrogens with zero attached hydrogens (tertiary/aromatic N) is 2. The summed E-state index contributed by atoms with van der Waals surface area (Å²) in [6.07, 6.45) is 5.62. The Morgan fingerprint density at radius 3 is 2.34 bits per heavy atom. The molecule has 2 aromatic carbocycles. The van der Waals surface area contributed by atoms with Gasteiger partial charge in [-0.1, -0.05) is 49.6 Å². The van der Waals surface area contributed by atoms with Gasteiger partial charge in [0.1, 0.15) is 5.82 Å². The minimum atomic E-state index is -1.52.